The molecule has 1 aliphatic heterocycles. The smallest absolute Gasteiger partial charge is 0.226 e. The number of likely N-dealkylation sites (tertiary alicyclic amines) is 1. The van der Waals surface area contributed by atoms with E-state index >= 15 is 0 Å². The van der Waals surface area contributed by atoms with Crippen LogP contribution in [0.25, 0.3) is 0 Å². The minimum absolute atomic E-state index is 0.111. The molecular weight excluding hydrogens is 271 g/mol. The van der Waals surface area contributed by atoms with E-state index in [0.717, 1.165) is 31.5 Å². The van der Waals surface area contributed by atoms with Crippen LogP contribution in [-0.4, -0.2) is 29.9 Å². The highest BCUT2D eigenvalue weighted by Gasteiger charge is 2.20. The fourth-order valence-corrected chi connectivity index (χ4v) is 2.72. The standard InChI is InChI=1S/C13H16Cl2N2O/c14-10-5-9(6-11(15)8-10)7-13(18)17-3-1-12(16)2-4-17/h5-6,8,12H,1-4,7,16H2. The Morgan fingerprint density at radius 2 is 1.78 bits per heavy atom. The van der Waals surface area contributed by atoms with Crippen molar-refractivity contribution in [2.45, 2.75) is 25.3 Å². The molecule has 0 unspecified atom stereocenters. The molecule has 1 amide bonds. The van der Waals surface area contributed by atoms with Crippen LogP contribution in [0.4, 0.5) is 0 Å². The summed E-state index contributed by atoms with van der Waals surface area (Å²) >= 11 is 11.8. The molecule has 1 aromatic rings. The van der Waals surface area contributed by atoms with Crippen molar-refractivity contribution in [2.24, 2.45) is 5.73 Å². The van der Waals surface area contributed by atoms with Gasteiger partial charge in [0, 0.05) is 29.2 Å². The first kappa shape index (κ1) is 13.7. The minimum Gasteiger partial charge on any atom is -0.342 e. The van der Waals surface area contributed by atoms with E-state index in [1.807, 2.05) is 4.90 Å². The Bertz CT molecular complexity index is 422. The van der Waals surface area contributed by atoms with Crippen LogP contribution in [0, 0.1) is 0 Å². The molecule has 0 atom stereocenters. The third kappa shape index (κ3) is 3.61. The number of halogens is 2. The van der Waals surface area contributed by atoms with E-state index in [-0.39, 0.29) is 11.9 Å². The van der Waals surface area contributed by atoms with Gasteiger partial charge in [0.2, 0.25) is 5.91 Å². The molecule has 98 valence electrons. The highest BCUT2D eigenvalue weighted by molar-refractivity contribution is 6.34. The summed E-state index contributed by atoms with van der Waals surface area (Å²) in [6.45, 7) is 1.49. The molecule has 0 bridgehead atoms. The van der Waals surface area contributed by atoms with E-state index in [2.05, 4.69) is 0 Å². The van der Waals surface area contributed by atoms with Gasteiger partial charge >= 0.3 is 0 Å². The predicted molar refractivity (Wildman–Crippen MR) is 74.0 cm³/mol. The molecule has 0 radical (unpaired) electrons. The van der Waals surface area contributed by atoms with E-state index < -0.39 is 0 Å². The second kappa shape index (κ2) is 5.91. The quantitative estimate of drug-likeness (QED) is 0.908. The number of hydrogen-bond donors (Lipinski definition) is 1. The maximum Gasteiger partial charge on any atom is 0.226 e. The highest BCUT2D eigenvalue weighted by Crippen LogP contribution is 2.20. The minimum atomic E-state index is 0.111. The molecule has 1 aliphatic rings. The number of amides is 1. The fraction of sp³-hybridized carbons (Fsp3) is 0.462. The van der Waals surface area contributed by atoms with Gasteiger partial charge < -0.3 is 10.6 Å². The van der Waals surface area contributed by atoms with Crippen molar-refractivity contribution in [3.05, 3.63) is 33.8 Å². The molecule has 3 nitrogen and oxygen atoms in total. The van der Waals surface area contributed by atoms with E-state index in [0.29, 0.717) is 16.5 Å². The average Bonchev–Trinajstić information content (AvgIpc) is 2.28. The van der Waals surface area contributed by atoms with E-state index in [1.165, 1.54) is 0 Å². The van der Waals surface area contributed by atoms with Crippen molar-refractivity contribution in [3.63, 3.8) is 0 Å². The first-order valence-electron chi connectivity index (χ1n) is 6.03. The van der Waals surface area contributed by atoms with Gasteiger partial charge in [-0.25, -0.2) is 0 Å². The Labute approximate surface area is 117 Å². The first-order chi connectivity index (χ1) is 8.54. The van der Waals surface area contributed by atoms with Gasteiger partial charge in [0.25, 0.3) is 0 Å². The lowest BCUT2D eigenvalue weighted by Crippen LogP contribution is -2.43. The lowest BCUT2D eigenvalue weighted by Gasteiger charge is -2.30. The Morgan fingerprint density at radius 1 is 1.22 bits per heavy atom. The van der Waals surface area contributed by atoms with Crippen LogP contribution in [-0.2, 0) is 11.2 Å². The predicted octanol–water partition coefficient (Wildman–Crippen LogP) is 2.49. The molecule has 1 saturated heterocycles. The van der Waals surface area contributed by atoms with Crippen LogP contribution in [0.5, 0.6) is 0 Å². The number of hydrogen-bond acceptors (Lipinski definition) is 2. The van der Waals surface area contributed by atoms with Crippen molar-refractivity contribution < 1.29 is 4.79 Å². The van der Waals surface area contributed by atoms with E-state index in [4.69, 9.17) is 28.9 Å². The maximum atomic E-state index is 12.1. The zero-order valence-electron chi connectivity index (χ0n) is 10.0. The van der Waals surface area contributed by atoms with Crippen molar-refractivity contribution >= 4 is 29.1 Å². The second-order valence-electron chi connectivity index (χ2n) is 4.67. The van der Waals surface area contributed by atoms with Gasteiger partial charge in [-0.15, -0.1) is 0 Å². The van der Waals surface area contributed by atoms with Gasteiger partial charge in [-0.3, -0.25) is 4.79 Å². The van der Waals surface area contributed by atoms with Crippen molar-refractivity contribution in [1.29, 1.82) is 0 Å². The number of nitrogens with zero attached hydrogens (tertiary/aromatic N) is 1. The molecule has 2 rings (SSSR count). The third-order valence-corrected chi connectivity index (χ3v) is 3.61. The summed E-state index contributed by atoms with van der Waals surface area (Å²) in [7, 11) is 0. The van der Waals surface area contributed by atoms with Gasteiger partial charge in [-0.2, -0.15) is 0 Å². The summed E-state index contributed by atoms with van der Waals surface area (Å²) in [5.74, 6) is 0.111. The molecule has 0 spiro atoms. The van der Waals surface area contributed by atoms with Crippen LogP contribution < -0.4 is 5.73 Å². The molecule has 0 saturated carbocycles. The number of piperidine rings is 1. The van der Waals surface area contributed by atoms with Crippen LogP contribution in [0.2, 0.25) is 10.0 Å². The Hall–Kier alpha value is -0.770. The maximum absolute atomic E-state index is 12.1. The van der Waals surface area contributed by atoms with Crippen molar-refractivity contribution in [2.75, 3.05) is 13.1 Å². The molecule has 1 heterocycles. The number of nitrogens with two attached hydrogens (primary N) is 1. The summed E-state index contributed by atoms with van der Waals surface area (Å²) in [6.07, 6.45) is 2.10. The molecule has 18 heavy (non-hydrogen) atoms. The van der Waals surface area contributed by atoms with Gasteiger partial charge in [0.1, 0.15) is 0 Å². The number of rotatable bonds is 2. The molecule has 1 aromatic carbocycles. The Morgan fingerprint density at radius 3 is 2.33 bits per heavy atom. The topological polar surface area (TPSA) is 46.3 Å². The normalized spacial score (nSPS) is 16.9. The van der Waals surface area contributed by atoms with Crippen molar-refractivity contribution in [1.82, 2.24) is 4.90 Å². The lowest BCUT2D eigenvalue weighted by molar-refractivity contribution is -0.131. The van der Waals surface area contributed by atoms with Crippen molar-refractivity contribution in [3.8, 4) is 0 Å². The zero-order chi connectivity index (χ0) is 13.1. The largest absolute Gasteiger partial charge is 0.342 e. The van der Waals surface area contributed by atoms with Gasteiger partial charge in [0.05, 0.1) is 6.42 Å². The van der Waals surface area contributed by atoms with Gasteiger partial charge in [-0.05, 0) is 36.6 Å². The summed E-state index contributed by atoms with van der Waals surface area (Å²) < 4.78 is 0. The first-order valence-corrected chi connectivity index (χ1v) is 6.78. The summed E-state index contributed by atoms with van der Waals surface area (Å²) in [5, 5.41) is 1.12. The monoisotopic (exact) mass is 286 g/mol. The number of benzene rings is 1. The molecule has 2 N–H and O–H groups in total. The molecule has 0 aromatic heterocycles. The molecule has 0 aliphatic carbocycles. The zero-order valence-corrected chi connectivity index (χ0v) is 11.5. The van der Waals surface area contributed by atoms with Crippen LogP contribution in [0.3, 0.4) is 0 Å². The van der Waals surface area contributed by atoms with Gasteiger partial charge in [-0.1, -0.05) is 23.2 Å². The summed E-state index contributed by atoms with van der Waals surface area (Å²) in [6, 6.07) is 5.45. The lowest BCUT2D eigenvalue weighted by atomic mass is 10.0. The molecule has 5 heteroatoms. The number of carbonyl (C=O) groups excluding carboxylic acids is 1. The third-order valence-electron chi connectivity index (χ3n) is 3.17. The summed E-state index contributed by atoms with van der Waals surface area (Å²) in [4.78, 5) is 14.0. The Balaban J connectivity index is 1.98. The van der Waals surface area contributed by atoms with E-state index in [1.54, 1.807) is 18.2 Å². The SMILES string of the molecule is NC1CCN(C(=O)Cc2cc(Cl)cc(Cl)c2)CC1. The molecular formula is C13H16Cl2N2O. The average molecular weight is 287 g/mol. The second-order valence-corrected chi connectivity index (χ2v) is 5.55. The van der Waals surface area contributed by atoms with Crippen LogP contribution >= 0.6 is 23.2 Å². The van der Waals surface area contributed by atoms with Crippen LogP contribution in [0.1, 0.15) is 18.4 Å². The fourth-order valence-electron chi connectivity index (χ4n) is 2.15. The Kier molecular flexibility index (Phi) is 4.49. The van der Waals surface area contributed by atoms with Gasteiger partial charge in [0.15, 0.2) is 0 Å². The van der Waals surface area contributed by atoms with Crippen LogP contribution in [0.15, 0.2) is 18.2 Å². The van der Waals surface area contributed by atoms with E-state index in [9.17, 15) is 4.79 Å². The molecule has 1 fully saturated rings. The summed E-state index contributed by atoms with van der Waals surface area (Å²) in [5.41, 5.74) is 6.67. The number of carbonyl (C=O) groups is 1. The highest BCUT2D eigenvalue weighted by atomic mass is 35.5.